The number of methoxy groups -OCH3 is 1. The van der Waals surface area contributed by atoms with E-state index in [1.807, 2.05) is 12.1 Å². The van der Waals surface area contributed by atoms with E-state index in [2.05, 4.69) is 56.4 Å². The highest BCUT2D eigenvalue weighted by atomic mass is 16.5. The van der Waals surface area contributed by atoms with Gasteiger partial charge in [-0.05, 0) is 31.9 Å². The summed E-state index contributed by atoms with van der Waals surface area (Å²) in [4.78, 5) is 0. The van der Waals surface area contributed by atoms with Crippen LogP contribution < -0.4 is 14.8 Å². The van der Waals surface area contributed by atoms with Gasteiger partial charge in [0.25, 0.3) is 0 Å². The quantitative estimate of drug-likeness (QED) is 0.780. The highest BCUT2D eigenvalue weighted by Gasteiger charge is 2.11. The van der Waals surface area contributed by atoms with Gasteiger partial charge in [-0.15, -0.1) is 0 Å². The van der Waals surface area contributed by atoms with E-state index in [1.165, 1.54) is 5.56 Å². The van der Waals surface area contributed by atoms with Crippen molar-refractivity contribution in [2.45, 2.75) is 46.4 Å². The maximum absolute atomic E-state index is 6.09. The zero-order valence-electron chi connectivity index (χ0n) is 14.6. The number of aryl methyl sites for hydroxylation is 1. The Balaban J connectivity index is 2.12. The monoisotopic (exact) mass is 313 g/mol. The molecular formula is C20H27NO2. The molecule has 0 amide bonds. The van der Waals surface area contributed by atoms with Crippen molar-refractivity contribution in [3.05, 3.63) is 59.2 Å². The second-order valence-corrected chi connectivity index (χ2v) is 5.91. The second-order valence-electron chi connectivity index (χ2n) is 5.91. The van der Waals surface area contributed by atoms with Gasteiger partial charge in [0.2, 0.25) is 0 Å². The number of hydrogen-bond acceptors (Lipinski definition) is 3. The number of rotatable bonds is 8. The molecule has 124 valence electrons. The zero-order chi connectivity index (χ0) is 16.7. The van der Waals surface area contributed by atoms with E-state index < -0.39 is 0 Å². The fourth-order valence-electron chi connectivity index (χ4n) is 2.29. The van der Waals surface area contributed by atoms with Crippen molar-refractivity contribution in [1.82, 2.24) is 5.32 Å². The van der Waals surface area contributed by atoms with Gasteiger partial charge in [0.15, 0.2) is 11.5 Å². The fraction of sp³-hybridized carbons (Fsp3) is 0.400. The Morgan fingerprint density at radius 3 is 2.48 bits per heavy atom. The summed E-state index contributed by atoms with van der Waals surface area (Å²) in [5.74, 6) is 1.60. The summed E-state index contributed by atoms with van der Waals surface area (Å²) in [5.41, 5.74) is 3.53. The summed E-state index contributed by atoms with van der Waals surface area (Å²) >= 11 is 0. The molecular weight excluding hydrogens is 286 g/mol. The number of nitrogens with one attached hydrogen (secondary N) is 1. The Morgan fingerprint density at radius 1 is 1.09 bits per heavy atom. The van der Waals surface area contributed by atoms with Crippen molar-refractivity contribution in [2.75, 3.05) is 7.11 Å². The van der Waals surface area contributed by atoms with Crippen molar-refractivity contribution in [2.24, 2.45) is 0 Å². The summed E-state index contributed by atoms with van der Waals surface area (Å²) in [6, 6.07) is 14.9. The summed E-state index contributed by atoms with van der Waals surface area (Å²) in [5, 5.41) is 3.51. The van der Waals surface area contributed by atoms with Crippen molar-refractivity contribution >= 4 is 0 Å². The smallest absolute Gasteiger partial charge is 0.166 e. The second kappa shape index (κ2) is 8.59. The van der Waals surface area contributed by atoms with Gasteiger partial charge in [0.1, 0.15) is 6.61 Å². The first-order valence-electron chi connectivity index (χ1n) is 8.21. The van der Waals surface area contributed by atoms with Gasteiger partial charge >= 0.3 is 0 Å². The first-order chi connectivity index (χ1) is 11.1. The average Bonchev–Trinajstić information content (AvgIpc) is 2.59. The summed E-state index contributed by atoms with van der Waals surface area (Å²) in [6.45, 7) is 7.76. The molecule has 1 atom stereocenters. The molecule has 0 aliphatic carbocycles. The minimum Gasteiger partial charge on any atom is -0.493 e. The third-order valence-electron chi connectivity index (χ3n) is 4.04. The van der Waals surface area contributed by atoms with Crippen LogP contribution in [0.5, 0.6) is 11.5 Å². The Labute approximate surface area is 139 Å². The van der Waals surface area contributed by atoms with E-state index in [0.29, 0.717) is 12.6 Å². The third-order valence-corrected chi connectivity index (χ3v) is 4.04. The van der Waals surface area contributed by atoms with E-state index in [0.717, 1.165) is 35.6 Å². The Kier molecular flexibility index (Phi) is 6.48. The first kappa shape index (κ1) is 17.4. The molecule has 0 aliphatic rings. The van der Waals surface area contributed by atoms with Crippen LogP contribution in [0.25, 0.3) is 0 Å². The molecule has 0 aromatic heterocycles. The molecule has 3 heteroatoms. The van der Waals surface area contributed by atoms with Crippen LogP contribution in [0.3, 0.4) is 0 Å². The fourth-order valence-corrected chi connectivity index (χ4v) is 2.29. The molecule has 2 rings (SSSR count). The molecule has 0 heterocycles. The minimum atomic E-state index is 0.478. The van der Waals surface area contributed by atoms with Gasteiger partial charge in [0, 0.05) is 18.2 Å². The SMILES string of the molecule is CC[C@H](C)NCc1cccc(OC)c1OCc1ccc(C)cc1. The molecule has 0 aliphatic heterocycles. The standard InChI is InChI=1S/C20H27NO2/c1-5-16(3)21-13-18-7-6-8-19(22-4)20(18)23-14-17-11-9-15(2)10-12-17/h6-12,16,21H,5,13-14H2,1-4H3/t16-/m0/s1. The van der Waals surface area contributed by atoms with Crippen molar-refractivity contribution in [1.29, 1.82) is 0 Å². The van der Waals surface area contributed by atoms with Crippen molar-refractivity contribution in [3.63, 3.8) is 0 Å². The predicted octanol–water partition coefficient (Wildman–Crippen LogP) is 4.47. The third kappa shape index (κ3) is 5.00. The van der Waals surface area contributed by atoms with E-state index in [4.69, 9.17) is 9.47 Å². The summed E-state index contributed by atoms with van der Waals surface area (Å²) in [7, 11) is 1.68. The van der Waals surface area contributed by atoms with Crippen LogP contribution in [-0.2, 0) is 13.2 Å². The largest absolute Gasteiger partial charge is 0.493 e. The normalized spacial score (nSPS) is 12.0. The number of benzene rings is 2. The molecule has 2 aromatic carbocycles. The highest BCUT2D eigenvalue weighted by molar-refractivity contribution is 5.46. The number of hydrogen-bond donors (Lipinski definition) is 1. The lowest BCUT2D eigenvalue weighted by Crippen LogP contribution is -2.24. The van der Waals surface area contributed by atoms with Crippen LogP contribution >= 0.6 is 0 Å². The molecule has 0 unspecified atom stereocenters. The zero-order valence-corrected chi connectivity index (χ0v) is 14.6. The van der Waals surface area contributed by atoms with E-state index in [1.54, 1.807) is 7.11 Å². The molecule has 0 saturated carbocycles. The van der Waals surface area contributed by atoms with Gasteiger partial charge in [-0.3, -0.25) is 0 Å². The Morgan fingerprint density at radius 2 is 1.83 bits per heavy atom. The van der Waals surface area contributed by atoms with E-state index >= 15 is 0 Å². The Hall–Kier alpha value is -2.00. The lowest BCUT2D eigenvalue weighted by molar-refractivity contribution is 0.280. The van der Waals surface area contributed by atoms with Crippen LogP contribution in [0.15, 0.2) is 42.5 Å². The molecule has 3 nitrogen and oxygen atoms in total. The van der Waals surface area contributed by atoms with E-state index in [9.17, 15) is 0 Å². The van der Waals surface area contributed by atoms with Gasteiger partial charge in [-0.25, -0.2) is 0 Å². The van der Waals surface area contributed by atoms with Crippen LogP contribution in [0.4, 0.5) is 0 Å². The molecule has 23 heavy (non-hydrogen) atoms. The minimum absolute atomic E-state index is 0.478. The van der Waals surface area contributed by atoms with Crippen LogP contribution in [0.1, 0.15) is 37.0 Å². The topological polar surface area (TPSA) is 30.5 Å². The van der Waals surface area contributed by atoms with Crippen LogP contribution in [-0.4, -0.2) is 13.2 Å². The van der Waals surface area contributed by atoms with Gasteiger partial charge in [-0.2, -0.15) is 0 Å². The average molecular weight is 313 g/mol. The molecule has 1 N–H and O–H groups in total. The van der Waals surface area contributed by atoms with Gasteiger partial charge in [0.05, 0.1) is 7.11 Å². The summed E-state index contributed by atoms with van der Waals surface area (Å²) < 4.78 is 11.6. The number of ether oxygens (including phenoxy) is 2. The molecule has 0 bridgehead atoms. The maximum Gasteiger partial charge on any atom is 0.166 e. The van der Waals surface area contributed by atoms with Crippen LogP contribution in [0, 0.1) is 6.92 Å². The molecule has 0 fully saturated rings. The molecule has 0 spiro atoms. The Bertz CT molecular complexity index is 608. The van der Waals surface area contributed by atoms with Gasteiger partial charge in [-0.1, -0.05) is 48.9 Å². The molecule has 0 radical (unpaired) electrons. The lowest BCUT2D eigenvalue weighted by atomic mass is 10.1. The predicted molar refractivity (Wildman–Crippen MR) is 95.1 cm³/mol. The summed E-state index contributed by atoms with van der Waals surface area (Å²) in [6.07, 6.45) is 1.10. The highest BCUT2D eigenvalue weighted by Crippen LogP contribution is 2.32. The maximum atomic E-state index is 6.09. The van der Waals surface area contributed by atoms with Crippen LogP contribution in [0.2, 0.25) is 0 Å². The van der Waals surface area contributed by atoms with Gasteiger partial charge < -0.3 is 14.8 Å². The first-order valence-corrected chi connectivity index (χ1v) is 8.21. The lowest BCUT2D eigenvalue weighted by Gasteiger charge is -2.17. The van der Waals surface area contributed by atoms with E-state index in [-0.39, 0.29) is 0 Å². The molecule has 0 saturated heterocycles. The number of para-hydroxylation sites is 1. The van der Waals surface area contributed by atoms with Crippen molar-refractivity contribution < 1.29 is 9.47 Å². The van der Waals surface area contributed by atoms with Crippen molar-refractivity contribution in [3.8, 4) is 11.5 Å². The molecule has 2 aromatic rings.